The fraction of sp³-hybridized carbons (Fsp3) is 0.0417. The second-order valence-corrected chi connectivity index (χ2v) is 12.2. The maximum absolute atomic E-state index is 11.0. The second-order valence-electron chi connectivity index (χ2n) is 12.2. The Balaban J connectivity index is 1.17. The number of allylic oxidation sites excluding steroid dienone is 4. The Morgan fingerprint density at radius 3 is 1.12 bits per heavy atom. The summed E-state index contributed by atoms with van der Waals surface area (Å²) in [7, 11) is 0. The fourth-order valence-electron chi connectivity index (χ4n) is 6.01. The molecule has 6 aromatic rings. The third-order valence-corrected chi connectivity index (χ3v) is 8.73. The molecular weight excluding hydrogens is 637 g/mol. The molecule has 4 heteroatoms. The first-order valence-electron chi connectivity index (χ1n) is 17.1. The predicted octanol–water partition coefficient (Wildman–Crippen LogP) is 12.8. The molecule has 0 fully saturated rings. The lowest BCUT2D eigenvalue weighted by Crippen LogP contribution is -2.09. The van der Waals surface area contributed by atoms with Gasteiger partial charge in [0, 0.05) is 17.1 Å². The van der Waals surface area contributed by atoms with Crippen LogP contribution in [0.25, 0.3) is 51.6 Å². The van der Waals surface area contributed by atoms with Crippen molar-refractivity contribution in [1.29, 1.82) is 5.26 Å². The van der Waals surface area contributed by atoms with Gasteiger partial charge in [0.1, 0.15) is 11.6 Å². The van der Waals surface area contributed by atoms with E-state index in [-0.39, 0.29) is 5.57 Å². The number of carboxylic acids is 1. The molecule has 0 aliphatic rings. The van der Waals surface area contributed by atoms with Crippen LogP contribution in [0.5, 0.6) is 0 Å². The number of hydrogen-bond donors (Lipinski definition) is 1. The molecule has 0 heterocycles. The number of nitrogens with zero attached hydrogens (tertiary/aromatic N) is 2. The molecule has 0 bridgehead atoms. The molecule has 6 aromatic carbocycles. The minimum absolute atomic E-state index is 0.301. The largest absolute Gasteiger partial charge is 0.477 e. The Bertz CT molecular complexity index is 2230. The molecule has 4 nitrogen and oxygen atoms in total. The SMILES string of the molecule is C/C=C\c1ccc(N(c2ccc(/C=C\C)cc2)c2ccc(-c3ccc(-c4ccc(-c5ccc(/C=C/C=C(/C#N)C(=O)O)cc5)cc4)cc3)cc2)cc1. The lowest BCUT2D eigenvalue weighted by atomic mass is 9.97. The first-order valence-corrected chi connectivity index (χ1v) is 17.1. The van der Waals surface area contributed by atoms with Gasteiger partial charge >= 0.3 is 5.97 Å². The van der Waals surface area contributed by atoms with E-state index in [9.17, 15) is 4.79 Å². The molecule has 0 amide bonds. The van der Waals surface area contributed by atoms with E-state index in [0.29, 0.717) is 0 Å². The van der Waals surface area contributed by atoms with Gasteiger partial charge in [-0.3, -0.25) is 0 Å². The summed E-state index contributed by atoms with van der Waals surface area (Å²) in [4.78, 5) is 13.3. The van der Waals surface area contributed by atoms with Crippen molar-refractivity contribution in [2.24, 2.45) is 0 Å². The maximum atomic E-state index is 11.0. The smallest absolute Gasteiger partial charge is 0.346 e. The first-order chi connectivity index (χ1) is 25.4. The van der Waals surface area contributed by atoms with Gasteiger partial charge in [0.25, 0.3) is 0 Å². The highest BCUT2D eigenvalue weighted by Crippen LogP contribution is 2.36. The van der Waals surface area contributed by atoms with Gasteiger partial charge in [0.15, 0.2) is 0 Å². The van der Waals surface area contributed by atoms with Gasteiger partial charge < -0.3 is 10.0 Å². The summed E-state index contributed by atoms with van der Waals surface area (Å²) in [5.41, 5.74) is 13.0. The minimum atomic E-state index is -1.24. The Labute approximate surface area is 305 Å². The average Bonchev–Trinajstić information content (AvgIpc) is 3.19. The number of hydrogen-bond acceptors (Lipinski definition) is 3. The Kier molecular flexibility index (Phi) is 11.2. The van der Waals surface area contributed by atoms with Gasteiger partial charge in [0.05, 0.1) is 0 Å². The van der Waals surface area contributed by atoms with Crippen LogP contribution in [-0.2, 0) is 4.79 Å². The molecule has 0 unspecified atom stereocenters. The third kappa shape index (κ3) is 8.42. The van der Waals surface area contributed by atoms with E-state index >= 15 is 0 Å². The Hall–Kier alpha value is -6.96. The van der Waals surface area contributed by atoms with Gasteiger partial charge in [-0.25, -0.2) is 4.79 Å². The molecule has 0 radical (unpaired) electrons. The summed E-state index contributed by atoms with van der Waals surface area (Å²) in [5.74, 6) is -1.24. The molecule has 0 atom stereocenters. The maximum Gasteiger partial charge on any atom is 0.346 e. The van der Waals surface area contributed by atoms with E-state index in [1.807, 2.05) is 38.1 Å². The fourth-order valence-corrected chi connectivity index (χ4v) is 6.01. The Morgan fingerprint density at radius 2 is 0.788 bits per heavy atom. The molecule has 0 aliphatic carbocycles. The number of aliphatic carboxylic acids is 1. The van der Waals surface area contributed by atoms with Crippen LogP contribution in [0.15, 0.2) is 175 Å². The van der Waals surface area contributed by atoms with Crippen molar-refractivity contribution in [3.63, 3.8) is 0 Å². The predicted molar refractivity (Wildman–Crippen MR) is 217 cm³/mol. The number of benzene rings is 6. The Morgan fingerprint density at radius 1 is 0.500 bits per heavy atom. The number of carbonyl (C=O) groups is 1. The highest BCUT2D eigenvalue weighted by Gasteiger charge is 2.13. The monoisotopic (exact) mass is 674 g/mol. The van der Waals surface area contributed by atoms with E-state index in [2.05, 4.69) is 151 Å². The van der Waals surface area contributed by atoms with Crippen molar-refractivity contribution in [3.05, 3.63) is 192 Å². The van der Waals surface area contributed by atoms with Crippen LogP contribution >= 0.6 is 0 Å². The molecule has 0 saturated heterocycles. The van der Waals surface area contributed by atoms with E-state index in [4.69, 9.17) is 10.4 Å². The molecule has 252 valence electrons. The third-order valence-electron chi connectivity index (χ3n) is 8.73. The van der Waals surface area contributed by atoms with Crippen LogP contribution in [0.3, 0.4) is 0 Å². The lowest BCUT2D eigenvalue weighted by Gasteiger charge is -2.26. The summed E-state index contributed by atoms with van der Waals surface area (Å²) in [6, 6.07) is 52.9. The number of carboxylic acid groups (broad SMARTS) is 1. The zero-order valence-electron chi connectivity index (χ0n) is 29.1. The van der Waals surface area contributed by atoms with Gasteiger partial charge in [-0.15, -0.1) is 0 Å². The van der Waals surface area contributed by atoms with Crippen LogP contribution in [-0.4, -0.2) is 11.1 Å². The zero-order valence-corrected chi connectivity index (χ0v) is 29.1. The van der Waals surface area contributed by atoms with Gasteiger partial charge in [0.2, 0.25) is 0 Å². The van der Waals surface area contributed by atoms with E-state index in [1.165, 1.54) is 17.2 Å². The summed E-state index contributed by atoms with van der Waals surface area (Å²) in [6.07, 6.45) is 13.0. The average molecular weight is 675 g/mol. The lowest BCUT2D eigenvalue weighted by molar-refractivity contribution is -0.132. The van der Waals surface area contributed by atoms with Gasteiger partial charge in [-0.2, -0.15) is 5.26 Å². The van der Waals surface area contributed by atoms with Crippen molar-refractivity contribution in [3.8, 4) is 39.4 Å². The summed E-state index contributed by atoms with van der Waals surface area (Å²) >= 11 is 0. The molecule has 0 aliphatic heterocycles. The molecule has 6 rings (SSSR count). The highest BCUT2D eigenvalue weighted by molar-refractivity contribution is 5.91. The van der Waals surface area contributed by atoms with Crippen LogP contribution < -0.4 is 4.90 Å². The number of nitriles is 1. The zero-order chi connectivity index (χ0) is 36.3. The number of rotatable bonds is 11. The summed E-state index contributed by atoms with van der Waals surface area (Å²) < 4.78 is 0. The normalized spacial score (nSPS) is 11.7. The number of anilines is 3. The van der Waals surface area contributed by atoms with Gasteiger partial charge in [-0.05, 0) is 106 Å². The standard InChI is InChI=1S/C48H38N2O2/c1-3-6-35-12-28-45(29-13-35)50(46-30-14-36(7-4-2)15-31-46)47-32-26-43(27-33-47)42-24-22-41(23-25-42)40-20-18-39(19-21-40)38-16-10-37(11-17-38)8-5-9-44(34-49)48(51)52/h3-33H,1-2H3,(H,51,52)/b6-3-,7-4-,8-5+,44-9-. The van der Waals surface area contributed by atoms with Crippen molar-refractivity contribution in [2.45, 2.75) is 13.8 Å². The van der Waals surface area contributed by atoms with Crippen molar-refractivity contribution in [1.82, 2.24) is 0 Å². The second kappa shape index (κ2) is 16.6. The summed E-state index contributed by atoms with van der Waals surface area (Å²) in [6.45, 7) is 4.07. The molecule has 52 heavy (non-hydrogen) atoms. The molecular formula is C48H38N2O2. The van der Waals surface area contributed by atoms with Crippen LogP contribution in [0.4, 0.5) is 17.1 Å². The summed E-state index contributed by atoms with van der Waals surface area (Å²) in [5, 5.41) is 17.9. The quantitative estimate of drug-likeness (QED) is 0.0844. The molecule has 0 aromatic heterocycles. The van der Waals surface area contributed by atoms with E-state index in [1.54, 1.807) is 18.2 Å². The molecule has 0 spiro atoms. The van der Waals surface area contributed by atoms with Crippen LogP contribution in [0, 0.1) is 11.3 Å². The van der Waals surface area contributed by atoms with E-state index < -0.39 is 5.97 Å². The van der Waals surface area contributed by atoms with Crippen molar-refractivity contribution >= 4 is 41.3 Å². The highest BCUT2D eigenvalue weighted by atomic mass is 16.4. The molecule has 1 N–H and O–H groups in total. The van der Waals surface area contributed by atoms with Gasteiger partial charge in [-0.1, -0.05) is 146 Å². The first kappa shape index (κ1) is 34.9. The van der Waals surface area contributed by atoms with Crippen molar-refractivity contribution < 1.29 is 9.90 Å². The topological polar surface area (TPSA) is 64.3 Å². The van der Waals surface area contributed by atoms with Crippen LogP contribution in [0.1, 0.15) is 30.5 Å². The van der Waals surface area contributed by atoms with Crippen molar-refractivity contribution in [2.75, 3.05) is 4.90 Å². The minimum Gasteiger partial charge on any atom is -0.477 e. The van der Waals surface area contributed by atoms with Crippen LogP contribution in [0.2, 0.25) is 0 Å². The van der Waals surface area contributed by atoms with E-state index in [0.717, 1.165) is 56.0 Å². The molecule has 0 saturated carbocycles.